The van der Waals surface area contributed by atoms with E-state index < -0.39 is 10.8 Å². The maximum Gasteiger partial charge on any atom is 0.363 e. The molecule has 0 saturated carbocycles. The number of aromatic nitrogens is 1. The molecule has 0 atom stereocenters. The van der Waals surface area contributed by atoms with Crippen molar-refractivity contribution in [3.05, 3.63) is 33.5 Å². The van der Waals surface area contributed by atoms with E-state index in [0.717, 1.165) is 6.07 Å². The van der Waals surface area contributed by atoms with E-state index in [0.29, 0.717) is 6.42 Å². The van der Waals surface area contributed by atoms with Gasteiger partial charge >= 0.3 is 5.82 Å². The second-order valence-corrected chi connectivity index (χ2v) is 3.69. The highest BCUT2D eigenvalue weighted by Crippen LogP contribution is 2.12. The molecule has 7 heteroatoms. The van der Waals surface area contributed by atoms with Gasteiger partial charge in [0.2, 0.25) is 5.91 Å². The smallest absolute Gasteiger partial charge is 0.358 e. The van der Waals surface area contributed by atoms with Crippen LogP contribution in [0.3, 0.4) is 0 Å². The van der Waals surface area contributed by atoms with E-state index in [-0.39, 0.29) is 29.4 Å². The summed E-state index contributed by atoms with van der Waals surface area (Å²) in [5, 5.41) is 12.7. The molecular weight excluding hydrogens is 238 g/mol. The molecule has 0 aliphatic rings. The minimum Gasteiger partial charge on any atom is -0.358 e. The third kappa shape index (κ3) is 3.34. The Balaban J connectivity index is 2.87. The summed E-state index contributed by atoms with van der Waals surface area (Å²) in [6.07, 6.45) is 0.891. The number of carbonyl (C=O) groups excluding carboxylic acids is 2. The molecule has 1 N–H and O–H groups in total. The van der Waals surface area contributed by atoms with Crippen molar-refractivity contribution < 1.29 is 14.5 Å². The van der Waals surface area contributed by atoms with Crippen LogP contribution < -0.4 is 5.32 Å². The summed E-state index contributed by atoms with van der Waals surface area (Å²) in [7, 11) is 0. The predicted molar refractivity (Wildman–Crippen MR) is 63.0 cm³/mol. The number of pyridine rings is 1. The molecule has 0 radical (unpaired) electrons. The molecule has 0 aliphatic heterocycles. The zero-order valence-corrected chi connectivity index (χ0v) is 10.1. The van der Waals surface area contributed by atoms with Gasteiger partial charge in [-0.3, -0.25) is 14.9 Å². The average Bonchev–Trinajstić information content (AvgIpc) is 2.28. The van der Waals surface area contributed by atoms with Crippen molar-refractivity contribution >= 4 is 17.6 Å². The van der Waals surface area contributed by atoms with E-state index in [4.69, 9.17) is 0 Å². The number of imide groups is 1. The first-order valence-electron chi connectivity index (χ1n) is 5.42. The Morgan fingerprint density at radius 2 is 2.11 bits per heavy atom. The highest BCUT2D eigenvalue weighted by molar-refractivity contribution is 6.05. The van der Waals surface area contributed by atoms with Crippen molar-refractivity contribution in [1.82, 2.24) is 10.3 Å². The molecule has 0 fully saturated rings. The fourth-order valence-corrected chi connectivity index (χ4v) is 1.37. The van der Waals surface area contributed by atoms with Gasteiger partial charge in [0, 0.05) is 19.4 Å². The highest BCUT2D eigenvalue weighted by atomic mass is 16.6. The number of nitrogens with one attached hydrogen (secondary N) is 1. The number of nitrogens with zero attached hydrogens (tertiary/aromatic N) is 2. The Morgan fingerprint density at radius 1 is 1.44 bits per heavy atom. The van der Waals surface area contributed by atoms with E-state index >= 15 is 0 Å². The zero-order chi connectivity index (χ0) is 13.7. The number of hydrogen-bond acceptors (Lipinski definition) is 5. The standard InChI is InChI=1S/C11H13N3O4/c1-3-4-10(15)13-11(16)8-5-6-9(14(17)18)12-7(8)2/h5-6H,3-4H2,1-2H3,(H,13,15,16). The second kappa shape index (κ2) is 5.85. The first-order chi connectivity index (χ1) is 8.45. The molecule has 0 bridgehead atoms. The van der Waals surface area contributed by atoms with Crippen molar-refractivity contribution in [3.8, 4) is 0 Å². The Morgan fingerprint density at radius 3 is 2.61 bits per heavy atom. The molecule has 0 spiro atoms. The molecule has 0 saturated heterocycles. The van der Waals surface area contributed by atoms with Crippen LogP contribution in [-0.4, -0.2) is 21.7 Å². The van der Waals surface area contributed by atoms with E-state index in [1.807, 2.05) is 6.92 Å². The van der Waals surface area contributed by atoms with E-state index in [1.54, 1.807) is 0 Å². The summed E-state index contributed by atoms with van der Waals surface area (Å²) in [5.74, 6) is -1.29. The van der Waals surface area contributed by atoms with Crippen molar-refractivity contribution in [1.29, 1.82) is 0 Å². The third-order valence-corrected chi connectivity index (χ3v) is 2.23. The summed E-state index contributed by atoms with van der Waals surface area (Å²) >= 11 is 0. The van der Waals surface area contributed by atoms with Crippen LogP contribution in [0.15, 0.2) is 12.1 Å². The van der Waals surface area contributed by atoms with Crippen LogP contribution in [0, 0.1) is 17.0 Å². The molecule has 0 aliphatic carbocycles. The van der Waals surface area contributed by atoms with Gasteiger partial charge in [-0.15, -0.1) is 0 Å². The van der Waals surface area contributed by atoms with E-state index in [9.17, 15) is 19.7 Å². The Labute approximate surface area is 103 Å². The summed E-state index contributed by atoms with van der Waals surface area (Å²) < 4.78 is 0. The van der Waals surface area contributed by atoms with Gasteiger partial charge in [-0.25, -0.2) is 0 Å². The average molecular weight is 251 g/mol. The number of aryl methyl sites for hydroxylation is 1. The van der Waals surface area contributed by atoms with E-state index in [1.165, 1.54) is 13.0 Å². The summed E-state index contributed by atoms with van der Waals surface area (Å²) in [6, 6.07) is 2.42. The Hall–Kier alpha value is -2.31. The second-order valence-electron chi connectivity index (χ2n) is 3.69. The van der Waals surface area contributed by atoms with Crippen LogP contribution in [0.5, 0.6) is 0 Å². The van der Waals surface area contributed by atoms with Gasteiger partial charge in [0.25, 0.3) is 5.91 Å². The van der Waals surface area contributed by atoms with Crippen molar-refractivity contribution in [2.24, 2.45) is 0 Å². The molecule has 0 unspecified atom stereocenters. The van der Waals surface area contributed by atoms with Gasteiger partial charge in [-0.05, 0) is 22.4 Å². The highest BCUT2D eigenvalue weighted by Gasteiger charge is 2.18. The van der Waals surface area contributed by atoms with Crippen LogP contribution in [0.4, 0.5) is 5.82 Å². The monoisotopic (exact) mass is 251 g/mol. The minimum absolute atomic E-state index is 0.157. The molecule has 2 amide bonds. The van der Waals surface area contributed by atoms with Crippen LogP contribution >= 0.6 is 0 Å². The van der Waals surface area contributed by atoms with Crippen LogP contribution in [-0.2, 0) is 4.79 Å². The van der Waals surface area contributed by atoms with Gasteiger partial charge < -0.3 is 10.1 Å². The van der Waals surface area contributed by atoms with Crippen LogP contribution in [0.1, 0.15) is 35.8 Å². The van der Waals surface area contributed by atoms with Gasteiger partial charge in [0.1, 0.15) is 0 Å². The lowest BCUT2D eigenvalue weighted by molar-refractivity contribution is -0.389. The molecular formula is C11H13N3O4. The molecule has 7 nitrogen and oxygen atoms in total. The van der Waals surface area contributed by atoms with Gasteiger partial charge in [-0.1, -0.05) is 6.92 Å². The van der Waals surface area contributed by atoms with Crippen molar-refractivity contribution in [2.75, 3.05) is 0 Å². The molecule has 1 heterocycles. The lowest BCUT2D eigenvalue weighted by Gasteiger charge is -2.03. The Bertz CT molecular complexity index is 499. The topological polar surface area (TPSA) is 102 Å². The molecule has 1 aromatic heterocycles. The normalized spacial score (nSPS) is 9.89. The maximum atomic E-state index is 11.7. The minimum atomic E-state index is -0.642. The maximum absolute atomic E-state index is 11.7. The van der Waals surface area contributed by atoms with E-state index in [2.05, 4.69) is 10.3 Å². The fraction of sp³-hybridized carbons (Fsp3) is 0.364. The molecule has 96 valence electrons. The van der Waals surface area contributed by atoms with Crippen molar-refractivity contribution in [3.63, 3.8) is 0 Å². The van der Waals surface area contributed by atoms with Crippen LogP contribution in [0.2, 0.25) is 0 Å². The van der Waals surface area contributed by atoms with Gasteiger partial charge in [-0.2, -0.15) is 0 Å². The number of amides is 2. The molecule has 1 rings (SSSR count). The van der Waals surface area contributed by atoms with Crippen molar-refractivity contribution in [2.45, 2.75) is 26.7 Å². The van der Waals surface area contributed by atoms with Crippen LogP contribution in [0.25, 0.3) is 0 Å². The summed E-state index contributed by atoms with van der Waals surface area (Å²) in [5.41, 5.74) is 0.371. The zero-order valence-electron chi connectivity index (χ0n) is 10.1. The quantitative estimate of drug-likeness (QED) is 0.642. The number of hydrogen-bond donors (Lipinski definition) is 1. The number of carbonyl (C=O) groups is 2. The lowest BCUT2D eigenvalue weighted by Crippen LogP contribution is -2.30. The lowest BCUT2D eigenvalue weighted by atomic mass is 10.2. The van der Waals surface area contributed by atoms with Gasteiger partial charge in [0.15, 0.2) is 5.69 Å². The Kier molecular flexibility index (Phi) is 4.47. The summed E-state index contributed by atoms with van der Waals surface area (Å²) in [4.78, 5) is 36.5. The largest absolute Gasteiger partial charge is 0.363 e. The SMILES string of the molecule is CCCC(=O)NC(=O)c1ccc([N+](=O)[O-])nc1C. The fourth-order valence-electron chi connectivity index (χ4n) is 1.37. The number of nitro groups is 1. The number of rotatable bonds is 4. The predicted octanol–water partition coefficient (Wildman–Crippen LogP) is 1.35. The first-order valence-corrected chi connectivity index (χ1v) is 5.42. The first kappa shape index (κ1) is 13.8. The molecule has 1 aromatic rings. The molecule has 18 heavy (non-hydrogen) atoms. The molecule has 0 aromatic carbocycles. The third-order valence-electron chi connectivity index (χ3n) is 2.23. The summed E-state index contributed by atoms with van der Waals surface area (Å²) in [6.45, 7) is 3.30. The van der Waals surface area contributed by atoms with Gasteiger partial charge in [0.05, 0.1) is 5.56 Å².